The summed E-state index contributed by atoms with van der Waals surface area (Å²) in [4.78, 5) is 10.5. The van der Waals surface area contributed by atoms with Crippen molar-refractivity contribution in [2.45, 2.75) is 25.6 Å². The summed E-state index contributed by atoms with van der Waals surface area (Å²) in [5.41, 5.74) is -0.0364. The molecule has 2 heterocycles. The highest BCUT2D eigenvalue weighted by atomic mass is 16.5. The lowest BCUT2D eigenvalue weighted by atomic mass is 10.1. The molecular weight excluding hydrogens is 304 g/mol. The van der Waals surface area contributed by atoms with Crippen molar-refractivity contribution in [3.63, 3.8) is 0 Å². The van der Waals surface area contributed by atoms with Gasteiger partial charge in [-0.3, -0.25) is 0 Å². The van der Waals surface area contributed by atoms with E-state index >= 15 is 0 Å². The lowest BCUT2D eigenvalue weighted by molar-refractivity contribution is -0.0972. The monoisotopic (exact) mass is 324 g/mol. The largest absolute Gasteiger partial charge is 0.491 e. The van der Waals surface area contributed by atoms with Crippen molar-refractivity contribution in [3.8, 4) is 11.8 Å². The molecule has 1 aliphatic rings. The van der Waals surface area contributed by atoms with Gasteiger partial charge < -0.3 is 14.4 Å². The Morgan fingerprint density at radius 3 is 2.79 bits per heavy atom. The summed E-state index contributed by atoms with van der Waals surface area (Å²) in [5, 5.41) is 9.26. The van der Waals surface area contributed by atoms with Crippen LogP contribution in [0.5, 0.6) is 5.75 Å². The first-order chi connectivity index (χ1) is 11.6. The third kappa shape index (κ3) is 3.81. The lowest BCUT2D eigenvalue weighted by Gasteiger charge is -2.43. The van der Waals surface area contributed by atoms with Gasteiger partial charge in [-0.15, -0.1) is 0 Å². The number of hydrogen-bond donors (Lipinski definition) is 0. The van der Waals surface area contributed by atoms with Gasteiger partial charge in [0, 0.05) is 25.5 Å². The number of ether oxygens (including phenoxy) is 2. The van der Waals surface area contributed by atoms with Crippen molar-refractivity contribution >= 4 is 5.82 Å². The van der Waals surface area contributed by atoms with Crippen molar-refractivity contribution < 1.29 is 9.47 Å². The molecule has 124 valence electrons. The number of hydrogen-bond acceptors (Lipinski definition) is 6. The number of nitriles is 1. The maximum absolute atomic E-state index is 9.26. The van der Waals surface area contributed by atoms with Crippen LogP contribution in [0.1, 0.15) is 19.5 Å². The van der Waals surface area contributed by atoms with Crippen molar-refractivity contribution in [3.05, 3.63) is 48.4 Å². The van der Waals surface area contributed by atoms with E-state index < -0.39 is 0 Å². The van der Waals surface area contributed by atoms with Gasteiger partial charge in [0.25, 0.3) is 0 Å². The molecule has 1 fully saturated rings. The zero-order valence-corrected chi connectivity index (χ0v) is 13.8. The molecule has 0 radical (unpaired) electrons. The Kier molecular flexibility index (Phi) is 4.63. The van der Waals surface area contributed by atoms with E-state index in [4.69, 9.17) is 9.47 Å². The van der Waals surface area contributed by atoms with Gasteiger partial charge in [-0.1, -0.05) is 18.2 Å². The first-order valence-corrected chi connectivity index (χ1v) is 7.89. The summed E-state index contributed by atoms with van der Waals surface area (Å²) in [6.45, 7) is 5.73. The van der Waals surface area contributed by atoms with E-state index in [1.807, 2.05) is 49.1 Å². The summed E-state index contributed by atoms with van der Waals surface area (Å²) < 4.78 is 11.9. The predicted octanol–water partition coefficient (Wildman–Crippen LogP) is 2.41. The van der Waals surface area contributed by atoms with Gasteiger partial charge >= 0.3 is 0 Å². The lowest BCUT2D eigenvalue weighted by Crippen LogP contribution is -2.55. The number of nitrogens with zero attached hydrogens (tertiary/aromatic N) is 4. The summed E-state index contributed by atoms with van der Waals surface area (Å²) >= 11 is 0. The molecule has 24 heavy (non-hydrogen) atoms. The van der Waals surface area contributed by atoms with Crippen LogP contribution in [0.15, 0.2) is 42.7 Å². The normalized spacial score (nSPS) is 19.5. The summed E-state index contributed by atoms with van der Waals surface area (Å²) in [6, 6.07) is 11.8. The molecule has 1 aromatic carbocycles. The minimum absolute atomic E-state index is 0.123. The molecule has 0 aliphatic carbocycles. The Balaban J connectivity index is 1.74. The molecule has 0 amide bonds. The second-order valence-electron chi connectivity index (χ2n) is 6.34. The van der Waals surface area contributed by atoms with Crippen LogP contribution >= 0.6 is 0 Å². The molecule has 1 aromatic heterocycles. The first-order valence-electron chi connectivity index (χ1n) is 7.89. The third-order valence-corrected chi connectivity index (χ3v) is 3.74. The number of morpholine rings is 1. The molecule has 6 heteroatoms. The standard InChI is InChI=1S/C18H20N4O2/c1-18(2)13-22(17-16(10-19)20-8-9-21-17)11-15(24-18)12-23-14-6-4-3-5-7-14/h3-9,15H,11-13H2,1-2H3/t15-/m1/s1. The molecular formula is C18H20N4O2. The Morgan fingerprint density at radius 1 is 1.29 bits per heavy atom. The SMILES string of the molecule is CC1(C)CN(c2nccnc2C#N)C[C@H](COc2ccccc2)O1. The van der Waals surface area contributed by atoms with E-state index in [1.165, 1.54) is 6.20 Å². The van der Waals surface area contributed by atoms with Gasteiger partial charge in [-0.25, -0.2) is 9.97 Å². The Labute approximate surface area is 141 Å². The Hall–Kier alpha value is -2.65. The van der Waals surface area contributed by atoms with Crippen LogP contribution < -0.4 is 9.64 Å². The maximum Gasteiger partial charge on any atom is 0.183 e. The average molecular weight is 324 g/mol. The number of benzene rings is 1. The molecule has 0 bridgehead atoms. The van der Waals surface area contributed by atoms with Crippen LogP contribution in [0.25, 0.3) is 0 Å². The van der Waals surface area contributed by atoms with Gasteiger partial charge in [0.1, 0.15) is 24.5 Å². The second-order valence-corrected chi connectivity index (χ2v) is 6.34. The van der Waals surface area contributed by atoms with E-state index in [9.17, 15) is 5.26 Å². The zero-order valence-electron chi connectivity index (χ0n) is 13.8. The van der Waals surface area contributed by atoms with Gasteiger partial charge in [0.05, 0.1) is 5.60 Å². The van der Waals surface area contributed by atoms with Crippen LogP contribution in [0.2, 0.25) is 0 Å². The van der Waals surface area contributed by atoms with Gasteiger partial charge in [0.2, 0.25) is 0 Å². The fraction of sp³-hybridized carbons (Fsp3) is 0.389. The summed E-state index contributed by atoms with van der Waals surface area (Å²) in [6.07, 6.45) is 3.01. The molecule has 2 aromatic rings. The highest BCUT2D eigenvalue weighted by molar-refractivity contribution is 5.50. The maximum atomic E-state index is 9.26. The Bertz CT molecular complexity index is 727. The highest BCUT2D eigenvalue weighted by Gasteiger charge is 2.35. The molecule has 1 saturated heterocycles. The van der Waals surface area contributed by atoms with Gasteiger partial charge in [0.15, 0.2) is 11.5 Å². The zero-order chi connectivity index (χ0) is 17.0. The minimum Gasteiger partial charge on any atom is -0.491 e. The molecule has 0 saturated carbocycles. The quantitative estimate of drug-likeness (QED) is 0.860. The van der Waals surface area contributed by atoms with Crippen LogP contribution in [-0.4, -0.2) is 41.4 Å². The topological polar surface area (TPSA) is 71.3 Å². The van der Waals surface area contributed by atoms with Gasteiger partial charge in [-0.05, 0) is 26.0 Å². The molecule has 1 aliphatic heterocycles. The summed E-state index contributed by atoms with van der Waals surface area (Å²) in [7, 11) is 0. The number of aromatic nitrogens is 2. The number of rotatable bonds is 4. The predicted molar refractivity (Wildman–Crippen MR) is 89.8 cm³/mol. The first kappa shape index (κ1) is 16.2. The second kappa shape index (κ2) is 6.85. The fourth-order valence-corrected chi connectivity index (χ4v) is 2.89. The molecule has 6 nitrogen and oxygen atoms in total. The van der Waals surface area contributed by atoms with Crippen LogP contribution in [0.3, 0.4) is 0 Å². The van der Waals surface area contributed by atoms with E-state index in [0.29, 0.717) is 31.2 Å². The number of anilines is 1. The summed E-state index contributed by atoms with van der Waals surface area (Å²) in [5.74, 6) is 1.41. The smallest absolute Gasteiger partial charge is 0.183 e. The minimum atomic E-state index is -0.368. The van der Waals surface area contributed by atoms with Crippen molar-refractivity contribution in [2.75, 3.05) is 24.6 Å². The van der Waals surface area contributed by atoms with Crippen LogP contribution in [0, 0.1) is 11.3 Å². The molecule has 0 unspecified atom stereocenters. The Morgan fingerprint density at radius 2 is 2.04 bits per heavy atom. The molecule has 1 atom stereocenters. The average Bonchev–Trinajstić information content (AvgIpc) is 2.59. The molecule has 0 spiro atoms. The van der Waals surface area contributed by atoms with E-state index in [0.717, 1.165) is 5.75 Å². The molecule has 0 N–H and O–H groups in total. The highest BCUT2D eigenvalue weighted by Crippen LogP contribution is 2.26. The van der Waals surface area contributed by atoms with E-state index in [2.05, 4.69) is 16.0 Å². The van der Waals surface area contributed by atoms with Crippen molar-refractivity contribution in [1.82, 2.24) is 9.97 Å². The van der Waals surface area contributed by atoms with Crippen LogP contribution in [-0.2, 0) is 4.74 Å². The number of para-hydroxylation sites is 1. The van der Waals surface area contributed by atoms with Crippen molar-refractivity contribution in [2.24, 2.45) is 0 Å². The van der Waals surface area contributed by atoms with Crippen LogP contribution in [0.4, 0.5) is 5.82 Å². The fourth-order valence-electron chi connectivity index (χ4n) is 2.89. The van der Waals surface area contributed by atoms with Gasteiger partial charge in [-0.2, -0.15) is 5.26 Å². The van der Waals surface area contributed by atoms with E-state index in [-0.39, 0.29) is 11.7 Å². The van der Waals surface area contributed by atoms with E-state index in [1.54, 1.807) is 6.20 Å². The van der Waals surface area contributed by atoms with Crippen molar-refractivity contribution in [1.29, 1.82) is 5.26 Å². The third-order valence-electron chi connectivity index (χ3n) is 3.74. The molecule has 3 rings (SSSR count).